The normalized spacial score (nSPS) is 14.8. The van der Waals surface area contributed by atoms with Gasteiger partial charge in [-0.2, -0.15) is 4.31 Å². The Morgan fingerprint density at radius 1 is 1.05 bits per heavy atom. The number of halogens is 1. The zero-order valence-corrected chi connectivity index (χ0v) is 24.9. The van der Waals surface area contributed by atoms with Crippen molar-refractivity contribution in [3.63, 3.8) is 0 Å². The Kier molecular flexibility index (Phi) is 9.37. The van der Waals surface area contributed by atoms with Gasteiger partial charge in [0.05, 0.1) is 17.0 Å². The van der Waals surface area contributed by atoms with Crippen LogP contribution in [0.1, 0.15) is 30.4 Å². The molecule has 11 heteroatoms. The third kappa shape index (κ3) is 6.90. The highest BCUT2D eigenvalue weighted by Crippen LogP contribution is 2.31. The van der Waals surface area contributed by atoms with Gasteiger partial charge in [0.2, 0.25) is 10.0 Å². The Bertz CT molecular complexity index is 1660. The molecule has 0 saturated carbocycles. The summed E-state index contributed by atoms with van der Waals surface area (Å²) in [5.41, 5.74) is 2.55. The number of nitrogens with zero attached hydrogens (tertiary/aromatic N) is 4. The minimum absolute atomic E-state index is 0.182. The second-order valence-electron chi connectivity index (χ2n) is 10.5. The van der Waals surface area contributed by atoms with Gasteiger partial charge in [0.1, 0.15) is 10.9 Å². The number of piperidine rings is 1. The largest absolute Gasteiger partial charge is 0.494 e. The molecule has 0 bridgehead atoms. The summed E-state index contributed by atoms with van der Waals surface area (Å²) in [4.78, 5) is 17.5. The molecule has 0 aliphatic carbocycles. The number of likely N-dealkylation sites (tertiary alicyclic amines) is 1. The van der Waals surface area contributed by atoms with Crippen LogP contribution in [0.25, 0.3) is 10.9 Å². The molecule has 1 aliphatic heterocycles. The van der Waals surface area contributed by atoms with E-state index in [2.05, 4.69) is 22.0 Å². The summed E-state index contributed by atoms with van der Waals surface area (Å²) in [7, 11) is -4.14. The number of rotatable bonds is 11. The number of pyridine rings is 1. The number of nitro benzene ring substituents is 1. The van der Waals surface area contributed by atoms with Crippen LogP contribution in [-0.4, -0.2) is 59.8 Å². The number of benzene rings is 3. The van der Waals surface area contributed by atoms with E-state index in [0.29, 0.717) is 30.2 Å². The maximum atomic E-state index is 14.0. The van der Waals surface area contributed by atoms with Crippen LogP contribution in [0, 0.1) is 17.0 Å². The Balaban J connectivity index is 1.30. The van der Waals surface area contributed by atoms with Crippen LogP contribution in [0.15, 0.2) is 83.8 Å². The first kappa shape index (κ1) is 29.9. The van der Waals surface area contributed by atoms with Gasteiger partial charge in [0.25, 0.3) is 5.69 Å². The summed E-state index contributed by atoms with van der Waals surface area (Å²) < 4.78 is 35.4. The van der Waals surface area contributed by atoms with Gasteiger partial charge >= 0.3 is 0 Å². The van der Waals surface area contributed by atoms with Crippen molar-refractivity contribution in [1.82, 2.24) is 14.2 Å². The Hall–Kier alpha value is -3.57. The first-order chi connectivity index (χ1) is 20.2. The molecule has 1 saturated heterocycles. The zero-order valence-electron chi connectivity index (χ0n) is 23.4. The van der Waals surface area contributed by atoms with Crippen molar-refractivity contribution in [3.05, 3.63) is 105 Å². The van der Waals surface area contributed by atoms with E-state index in [1.54, 1.807) is 6.07 Å². The number of ether oxygens (including phenoxy) is 1. The Morgan fingerprint density at radius 3 is 2.50 bits per heavy atom. The van der Waals surface area contributed by atoms with Crippen LogP contribution in [0.2, 0.25) is 5.15 Å². The molecule has 1 fully saturated rings. The highest BCUT2D eigenvalue weighted by atomic mass is 35.5. The first-order valence-electron chi connectivity index (χ1n) is 13.9. The highest BCUT2D eigenvalue weighted by molar-refractivity contribution is 7.89. The summed E-state index contributed by atoms with van der Waals surface area (Å²) in [5, 5.41) is 13.1. The fourth-order valence-electron chi connectivity index (χ4n) is 5.49. The molecule has 9 nitrogen and oxygen atoms in total. The van der Waals surface area contributed by atoms with Gasteiger partial charge < -0.3 is 4.74 Å². The van der Waals surface area contributed by atoms with Gasteiger partial charge in [0, 0.05) is 43.7 Å². The van der Waals surface area contributed by atoms with E-state index in [0.717, 1.165) is 36.1 Å². The molecule has 0 amide bonds. The van der Waals surface area contributed by atoms with Crippen LogP contribution in [-0.2, 0) is 16.6 Å². The first-order valence-corrected chi connectivity index (χ1v) is 15.8. The van der Waals surface area contributed by atoms with E-state index in [1.165, 1.54) is 34.1 Å². The standard InChI is InChI=1S/C31H33ClN4O5S/c1-23-20-31(32)33-28-13-12-26(21-27(23)28)41-19-7-16-35(42(39,40)30-11-6-5-10-29(30)36(37)38)25-14-17-34(18-15-25)22-24-8-3-2-4-9-24/h2-6,8-13,20-21,25H,7,14-19,22H2,1H3. The fraction of sp³-hybridized carbons (Fsp3) is 0.323. The van der Waals surface area contributed by atoms with Crippen LogP contribution in [0.4, 0.5) is 5.69 Å². The van der Waals surface area contributed by atoms with Crippen LogP contribution >= 0.6 is 11.6 Å². The third-order valence-corrected chi connectivity index (χ3v) is 9.80. The molecule has 1 aromatic heterocycles. The number of aryl methyl sites for hydroxylation is 1. The van der Waals surface area contributed by atoms with E-state index in [4.69, 9.17) is 16.3 Å². The summed E-state index contributed by atoms with van der Waals surface area (Å²) in [6.07, 6.45) is 1.68. The van der Waals surface area contributed by atoms with E-state index in [9.17, 15) is 18.5 Å². The predicted octanol–water partition coefficient (Wildman–Crippen LogP) is 6.23. The van der Waals surface area contributed by atoms with Gasteiger partial charge in [-0.1, -0.05) is 54.1 Å². The van der Waals surface area contributed by atoms with Crippen molar-refractivity contribution in [2.24, 2.45) is 0 Å². The minimum Gasteiger partial charge on any atom is -0.494 e. The van der Waals surface area contributed by atoms with Crippen molar-refractivity contribution in [3.8, 4) is 5.75 Å². The summed E-state index contributed by atoms with van der Waals surface area (Å²) >= 11 is 6.08. The monoisotopic (exact) mass is 608 g/mol. The Labute approximate surface area is 250 Å². The molecule has 5 rings (SSSR count). The van der Waals surface area contributed by atoms with Gasteiger partial charge in [-0.15, -0.1) is 0 Å². The number of hydrogen-bond acceptors (Lipinski definition) is 7. The van der Waals surface area contributed by atoms with Crippen LogP contribution in [0.5, 0.6) is 5.75 Å². The van der Waals surface area contributed by atoms with Crippen molar-refractivity contribution >= 4 is 38.2 Å². The summed E-state index contributed by atoms with van der Waals surface area (Å²) in [5.74, 6) is 0.650. The number of hydrogen-bond donors (Lipinski definition) is 0. The number of para-hydroxylation sites is 1. The second kappa shape index (κ2) is 13.2. The zero-order chi connectivity index (χ0) is 29.7. The molecule has 2 heterocycles. The minimum atomic E-state index is -4.14. The summed E-state index contributed by atoms with van der Waals surface area (Å²) in [6.45, 7) is 4.67. The van der Waals surface area contributed by atoms with Gasteiger partial charge in [-0.3, -0.25) is 15.0 Å². The summed E-state index contributed by atoms with van der Waals surface area (Å²) in [6, 6.07) is 22.8. The van der Waals surface area contributed by atoms with Crippen molar-refractivity contribution in [2.45, 2.75) is 43.7 Å². The van der Waals surface area contributed by atoms with E-state index in [-0.39, 0.29) is 24.1 Å². The lowest BCUT2D eigenvalue weighted by molar-refractivity contribution is -0.387. The molecule has 4 aromatic rings. The van der Waals surface area contributed by atoms with E-state index in [1.807, 2.05) is 43.3 Å². The number of sulfonamides is 1. The average Bonchev–Trinajstić information content (AvgIpc) is 2.98. The van der Waals surface area contributed by atoms with Crippen molar-refractivity contribution in [1.29, 1.82) is 0 Å². The molecule has 0 atom stereocenters. The quantitative estimate of drug-likeness (QED) is 0.0860. The molecular weight excluding hydrogens is 576 g/mol. The van der Waals surface area contributed by atoms with Gasteiger partial charge in [-0.05, 0) is 67.6 Å². The molecule has 0 unspecified atom stereocenters. The molecule has 220 valence electrons. The number of aromatic nitrogens is 1. The fourth-order valence-corrected chi connectivity index (χ4v) is 7.63. The predicted molar refractivity (Wildman–Crippen MR) is 163 cm³/mol. The average molecular weight is 609 g/mol. The molecule has 0 radical (unpaired) electrons. The SMILES string of the molecule is Cc1cc(Cl)nc2ccc(OCCCN(C3CCN(Cc4ccccc4)CC3)S(=O)(=O)c3ccccc3[N+](=O)[O-])cc12. The topological polar surface area (TPSA) is 106 Å². The van der Waals surface area contributed by atoms with Crippen molar-refractivity contribution in [2.75, 3.05) is 26.2 Å². The Morgan fingerprint density at radius 2 is 1.76 bits per heavy atom. The van der Waals surface area contributed by atoms with Crippen LogP contribution < -0.4 is 4.74 Å². The molecule has 0 spiro atoms. The molecular formula is C31H33ClN4O5S. The van der Waals surface area contributed by atoms with E-state index >= 15 is 0 Å². The van der Waals surface area contributed by atoms with E-state index < -0.39 is 20.6 Å². The van der Waals surface area contributed by atoms with Crippen molar-refractivity contribution < 1.29 is 18.1 Å². The maximum Gasteiger partial charge on any atom is 0.289 e. The van der Waals surface area contributed by atoms with Crippen LogP contribution in [0.3, 0.4) is 0 Å². The smallest absolute Gasteiger partial charge is 0.289 e. The number of nitro groups is 1. The highest BCUT2D eigenvalue weighted by Gasteiger charge is 2.37. The lowest BCUT2D eigenvalue weighted by Gasteiger charge is -2.37. The second-order valence-corrected chi connectivity index (χ2v) is 12.7. The maximum absolute atomic E-state index is 14.0. The lowest BCUT2D eigenvalue weighted by atomic mass is 10.0. The van der Waals surface area contributed by atoms with Gasteiger partial charge in [-0.25, -0.2) is 13.4 Å². The molecule has 0 N–H and O–H groups in total. The lowest BCUT2D eigenvalue weighted by Crippen LogP contribution is -2.47. The van der Waals surface area contributed by atoms with Gasteiger partial charge in [0.15, 0.2) is 4.90 Å². The number of fused-ring (bicyclic) bond motifs is 1. The third-order valence-electron chi connectivity index (χ3n) is 7.61. The molecule has 42 heavy (non-hydrogen) atoms. The molecule has 1 aliphatic rings. The molecule has 3 aromatic carbocycles.